The summed E-state index contributed by atoms with van der Waals surface area (Å²) in [6, 6.07) is 2.89. The summed E-state index contributed by atoms with van der Waals surface area (Å²) in [6.45, 7) is 2.80. The smallest absolute Gasteiger partial charge is 0.350 e. The van der Waals surface area contributed by atoms with Gasteiger partial charge in [-0.2, -0.15) is 9.94 Å². The number of methoxy groups -OCH3 is 1. The normalized spacial score (nSPS) is 14.3. The number of anilines is 1. The Morgan fingerprint density at radius 1 is 1.41 bits per heavy atom. The summed E-state index contributed by atoms with van der Waals surface area (Å²) in [5.41, 5.74) is -1.34. The predicted octanol–water partition coefficient (Wildman–Crippen LogP) is 1.42. The fraction of sp³-hybridized carbons (Fsp3) is 0.571. The van der Waals surface area contributed by atoms with Crippen LogP contribution < -0.4 is 32.0 Å². The highest BCUT2D eigenvalue weighted by Gasteiger charge is 2.32. The number of aromatic nitrogens is 2. The lowest BCUT2D eigenvalue weighted by atomic mass is 10.1. The molecule has 1 aromatic heterocycles. The number of nitrogen functional groups attached to an aromatic ring is 1. The number of alkyl halides is 1. The van der Waals surface area contributed by atoms with Crippen LogP contribution in [0, 0.1) is 17.1 Å². The molecule has 1 aromatic carbocycles. The summed E-state index contributed by atoms with van der Waals surface area (Å²) in [4.78, 5) is 26.8. The molecule has 9 nitrogen and oxygen atoms in total. The first-order valence-electron chi connectivity index (χ1n) is 10.6. The van der Waals surface area contributed by atoms with Gasteiger partial charge in [0.05, 0.1) is 18.6 Å². The molecule has 1 heterocycles. The van der Waals surface area contributed by atoms with Crippen molar-refractivity contribution in [3.8, 4) is 11.8 Å². The van der Waals surface area contributed by atoms with E-state index in [1.165, 1.54) is 16.6 Å². The summed E-state index contributed by atoms with van der Waals surface area (Å²) >= 11 is 0. The van der Waals surface area contributed by atoms with Gasteiger partial charge < -0.3 is 20.8 Å². The Morgan fingerprint density at radius 2 is 2.12 bits per heavy atom. The van der Waals surface area contributed by atoms with Gasteiger partial charge in [0.15, 0.2) is 11.6 Å². The number of hydrogen-bond donors (Lipinski definition) is 2. The molecule has 32 heavy (non-hydrogen) atoms. The summed E-state index contributed by atoms with van der Waals surface area (Å²) in [7, 11) is 1.33. The Kier molecular flexibility index (Phi) is 7.35. The van der Waals surface area contributed by atoms with E-state index in [1.807, 2.05) is 6.07 Å². The second kappa shape index (κ2) is 9.99. The largest absolute Gasteiger partial charge is 0.492 e. The zero-order valence-corrected chi connectivity index (χ0v) is 18.2. The monoisotopic (exact) mass is 450 g/mol. The zero-order valence-electron chi connectivity index (χ0n) is 18.2. The lowest BCUT2D eigenvalue weighted by Crippen LogP contribution is -2.44. The average Bonchev–Trinajstić information content (AvgIpc) is 3.61. The highest BCUT2D eigenvalue weighted by molar-refractivity contribution is 5.91. The first kappa shape index (κ1) is 23.5. The molecule has 1 aliphatic rings. The Morgan fingerprint density at radius 3 is 2.72 bits per heavy atom. The molecule has 0 saturated heterocycles. The van der Waals surface area contributed by atoms with Gasteiger partial charge in [0, 0.05) is 32.1 Å². The van der Waals surface area contributed by atoms with E-state index in [9.17, 15) is 14.0 Å². The van der Waals surface area contributed by atoms with Crippen LogP contribution >= 0.6 is 0 Å². The van der Waals surface area contributed by atoms with Gasteiger partial charge in [0.1, 0.15) is 17.4 Å². The van der Waals surface area contributed by atoms with E-state index in [0.29, 0.717) is 24.2 Å². The Balaban J connectivity index is 2.02. The number of fused-ring (bicyclic) bond motifs is 1. The molecule has 0 aliphatic heterocycles. The van der Waals surface area contributed by atoms with Gasteiger partial charge in [-0.05, 0) is 38.8 Å². The third-order valence-corrected chi connectivity index (χ3v) is 5.57. The van der Waals surface area contributed by atoms with Crippen LogP contribution in [0.2, 0.25) is 0 Å². The molecule has 0 spiro atoms. The number of benzene rings is 1. The summed E-state index contributed by atoms with van der Waals surface area (Å²) in [6.07, 6.45) is 0.708. The summed E-state index contributed by atoms with van der Waals surface area (Å²) in [5, 5.41) is 11.5. The van der Waals surface area contributed by atoms with Gasteiger partial charge in [-0.15, -0.1) is 0 Å². The van der Waals surface area contributed by atoms with Gasteiger partial charge in [0.2, 0.25) is 0 Å². The number of halogens is 2. The third-order valence-electron chi connectivity index (χ3n) is 5.57. The maximum Gasteiger partial charge on any atom is 0.350 e. The Bertz CT molecular complexity index is 1140. The molecule has 2 aromatic rings. The van der Waals surface area contributed by atoms with Gasteiger partial charge in [-0.25, -0.2) is 13.6 Å². The minimum absolute atomic E-state index is 0.00515. The summed E-state index contributed by atoms with van der Waals surface area (Å²) < 4.78 is 37.3. The molecule has 1 fully saturated rings. The molecule has 3 rings (SSSR count). The highest BCUT2D eigenvalue weighted by Crippen LogP contribution is 2.42. The average molecular weight is 450 g/mol. The minimum atomic E-state index is -1.27. The number of hydrogen-bond acceptors (Lipinski definition) is 7. The highest BCUT2D eigenvalue weighted by atomic mass is 19.1. The van der Waals surface area contributed by atoms with Gasteiger partial charge in [-0.1, -0.05) is 0 Å². The van der Waals surface area contributed by atoms with Gasteiger partial charge >= 0.3 is 5.69 Å². The molecule has 1 aliphatic carbocycles. The molecule has 0 amide bonds. The van der Waals surface area contributed by atoms with E-state index in [0.717, 1.165) is 18.9 Å². The fourth-order valence-corrected chi connectivity index (χ4v) is 3.83. The van der Waals surface area contributed by atoms with Gasteiger partial charge in [0.25, 0.3) is 5.56 Å². The maximum absolute atomic E-state index is 15.2. The second-order valence-corrected chi connectivity index (χ2v) is 7.78. The van der Waals surface area contributed by atoms with E-state index in [2.05, 4.69) is 5.32 Å². The van der Waals surface area contributed by atoms with Crippen LogP contribution in [0.4, 0.5) is 14.5 Å². The van der Waals surface area contributed by atoms with Crippen molar-refractivity contribution in [3.05, 3.63) is 32.7 Å². The van der Waals surface area contributed by atoms with Crippen molar-refractivity contribution in [2.24, 2.45) is 0 Å². The van der Waals surface area contributed by atoms with Crippen molar-refractivity contribution in [1.29, 1.82) is 5.26 Å². The Hall–Kier alpha value is -3.13. The number of nitriles is 1. The Labute approximate surface area is 183 Å². The van der Waals surface area contributed by atoms with E-state index >= 15 is 4.39 Å². The van der Waals surface area contributed by atoms with Crippen LogP contribution in [-0.2, 0) is 0 Å². The van der Waals surface area contributed by atoms with Crippen molar-refractivity contribution in [2.45, 2.75) is 44.8 Å². The van der Waals surface area contributed by atoms with E-state index in [1.54, 1.807) is 6.92 Å². The topological polar surface area (TPSA) is 118 Å². The lowest BCUT2D eigenvalue weighted by Gasteiger charge is -2.28. The fourth-order valence-electron chi connectivity index (χ4n) is 3.83. The zero-order chi connectivity index (χ0) is 23.4. The molecule has 1 saturated carbocycles. The van der Waals surface area contributed by atoms with E-state index in [-0.39, 0.29) is 47.9 Å². The standard InChI is InChI=1S/C21H28F2N6O3/c1-3-27(12-13(22)7-10-26-9-4-8-24)18-16(23)11-15-17(19(18)32-2)28(14-5-6-14)21(31)29(25)20(15)30/h11,13-14,26H,3-7,9-10,12,25H2,1-2H3. The van der Waals surface area contributed by atoms with Crippen LogP contribution in [0.5, 0.6) is 5.75 Å². The number of nitrogens with zero attached hydrogens (tertiary/aromatic N) is 4. The molecular formula is C21H28F2N6O3. The molecular weight excluding hydrogens is 422 g/mol. The number of nitrogens with one attached hydrogen (secondary N) is 1. The lowest BCUT2D eigenvalue weighted by molar-refractivity contribution is 0.311. The summed E-state index contributed by atoms with van der Waals surface area (Å²) in [5.74, 6) is 4.91. The molecule has 11 heteroatoms. The van der Waals surface area contributed by atoms with Crippen molar-refractivity contribution in [3.63, 3.8) is 0 Å². The molecule has 0 bridgehead atoms. The van der Waals surface area contributed by atoms with Crippen LogP contribution in [0.1, 0.15) is 38.6 Å². The van der Waals surface area contributed by atoms with Crippen LogP contribution in [0.15, 0.2) is 15.7 Å². The van der Waals surface area contributed by atoms with E-state index in [4.69, 9.17) is 15.8 Å². The van der Waals surface area contributed by atoms with Crippen molar-refractivity contribution >= 4 is 16.6 Å². The van der Waals surface area contributed by atoms with Crippen molar-refractivity contribution < 1.29 is 13.5 Å². The quantitative estimate of drug-likeness (QED) is 0.393. The van der Waals surface area contributed by atoms with Crippen molar-refractivity contribution in [2.75, 3.05) is 44.0 Å². The number of ether oxygens (including phenoxy) is 1. The predicted molar refractivity (Wildman–Crippen MR) is 118 cm³/mol. The number of nitrogens with two attached hydrogens (primary N) is 1. The molecule has 0 radical (unpaired) electrons. The second-order valence-electron chi connectivity index (χ2n) is 7.78. The first-order chi connectivity index (χ1) is 15.3. The minimum Gasteiger partial charge on any atom is -0.492 e. The molecule has 1 unspecified atom stereocenters. The van der Waals surface area contributed by atoms with Crippen molar-refractivity contribution in [1.82, 2.24) is 14.6 Å². The van der Waals surface area contributed by atoms with E-state index < -0.39 is 23.2 Å². The first-order valence-corrected chi connectivity index (χ1v) is 10.6. The number of rotatable bonds is 11. The maximum atomic E-state index is 15.2. The third kappa shape index (κ3) is 4.55. The molecule has 174 valence electrons. The SMILES string of the molecule is CCN(CC(F)CCNCCC#N)c1c(F)cc2c(=O)n(N)c(=O)n(C3CC3)c2c1OC. The van der Waals surface area contributed by atoms with Crippen LogP contribution in [-0.4, -0.2) is 48.7 Å². The van der Waals surface area contributed by atoms with Gasteiger partial charge in [-0.3, -0.25) is 9.36 Å². The van der Waals surface area contributed by atoms with Crippen LogP contribution in [0.3, 0.4) is 0 Å². The van der Waals surface area contributed by atoms with Crippen LogP contribution in [0.25, 0.3) is 10.9 Å². The molecule has 3 N–H and O–H groups in total. The molecule has 1 atom stereocenters.